The maximum absolute atomic E-state index is 5.93. The molecule has 3 aromatic carbocycles. The number of rotatable bonds is 1. The van der Waals surface area contributed by atoms with E-state index < -0.39 is 0 Å². The predicted octanol–water partition coefficient (Wildman–Crippen LogP) is 3.76. The van der Waals surface area contributed by atoms with Crippen LogP contribution >= 0.6 is 0 Å². The van der Waals surface area contributed by atoms with E-state index in [9.17, 15) is 0 Å². The second-order valence-corrected chi connectivity index (χ2v) is 4.40. The molecule has 0 fully saturated rings. The number of hydrogen-bond donors (Lipinski definition) is 1. The van der Waals surface area contributed by atoms with Gasteiger partial charge in [-0.3, -0.25) is 0 Å². The van der Waals surface area contributed by atoms with Crippen LogP contribution in [0.1, 0.15) is 11.1 Å². The summed E-state index contributed by atoms with van der Waals surface area (Å²) in [6.07, 6.45) is 0. The summed E-state index contributed by atoms with van der Waals surface area (Å²) in [5.41, 5.74) is 8.52. The van der Waals surface area contributed by atoms with Gasteiger partial charge in [0.25, 0.3) is 0 Å². The van der Waals surface area contributed by atoms with Crippen molar-refractivity contribution in [1.82, 2.24) is 0 Å². The molecule has 0 aliphatic carbocycles. The number of aryl methyl sites for hydroxylation is 1. The molecular weight excluding hydrogens is 206 g/mol. The van der Waals surface area contributed by atoms with Crippen LogP contribution in [0.25, 0.3) is 21.5 Å². The van der Waals surface area contributed by atoms with Gasteiger partial charge in [0.05, 0.1) is 0 Å². The molecule has 3 aromatic rings. The SMILES string of the molecule is Cc1c2ccccc2c(CN)c2ccccc12. The Bertz CT molecular complexity index is 641. The molecule has 0 amide bonds. The Morgan fingerprint density at radius 2 is 1.18 bits per heavy atom. The van der Waals surface area contributed by atoms with Crippen molar-refractivity contribution in [2.45, 2.75) is 13.5 Å². The highest BCUT2D eigenvalue weighted by atomic mass is 14.5. The number of benzene rings is 3. The van der Waals surface area contributed by atoms with Crippen molar-refractivity contribution >= 4 is 21.5 Å². The summed E-state index contributed by atoms with van der Waals surface area (Å²) in [4.78, 5) is 0. The van der Waals surface area contributed by atoms with Crippen LogP contribution in [-0.4, -0.2) is 0 Å². The number of fused-ring (bicyclic) bond motifs is 2. The zero-order valence-corrected chi connectivity index (χ0v) is 9.90. The van der Waals surface area contributed by atoms with E-state index in [1.54, 1.807) is 0 Å². The van der Waals surface area contributed by atoms with E-state index in [4.69, 9.17) is 5.73 Å². The van der Waals surface area contributed by atoms with Crippen LogP contribution in [0.3, 0.4) is 0 Å². The highest BCUT2D eigenvalue weighted by Crippen LogP contribution is 2.31. The van der Waals surface area contributed by atoms with Crippen LogP contribution < -0.4 is 5.73 Å². The Morgan fingerprint density at radius 1 is 0.765 bits per heavy atom. The molecule has 0 spiro atoms. The zero-order chi connectivity index (χ0) is 11.8. The standard InChI is InChI=1S/C16H15N/c1-11-12-6-2-4-8-14(12)16(10-17)15-9-5-3-7-13(11)15/h2-9H,10,17H2,1H3. The predicted molar refractivity (Wildman–Crippen MR) is 74.1 cm³/mol. The van der Waals surface area contributed by atoms with Crippen molar-refractivity contribution < 1.29 is 0 Å². The summed E-state index contributed by atoms with van der Waals surface area (Å²) in [5, 5.41) is 5.19. The molecule has 0 heterocycles. The molecule has 0 radical (unpaired) electrons. The van der Waals surface area contributed by atoms with Crippen molar-refractivity contribution in [2.75, 3.05) is 0 Å². The lowest BCUT2D eigenvalue weighted by molar-refractivity contribution is 1.10. The molecule has 84 valence electrons. The van der Waals surface area contributed by atoms with E-state index in [1.807, 2.05) is 0 Å². The van der Waals surface area contributed by atoms with E-state index >= 15 is 0 Å². The van der Waals surface area contributed by atoms with Crippen LogP contribution in [0.2, 0.25) is 0 Å². The molecule has 0 saturated carbocycles. The lowest BCUT2D eigenvalue weighted by atomic mass is 9.92. The summed E-state index contributed by atoms with van der Waals surface area (Å²) in [7, 11) is 0. The lowest BCUT2D eigenvalue weighted by Crippen LogP contribution is -1.99. The fourth-order valence-corrected chi connectivity index (χ4v) is 2.66. The summed E-state index contributed by atoms with van der Waals surface area (Å²) in [6.45, 7) is 2.77. The molecule has 1 nitrogen and oxygen atoms in total. The third kappa shape index (κ3) is 1.43. The maximum atomic E-state index is 5.93. The second kappa shape index (κ2) is 3.86. The highest BCUT2D eigenvalue weighted by Gasteiger charge is 2.08. The fraction of sp³-hybridized carbons (Fsp3) is 0.125. The minimum atomic E-state index is 0.585. The lowest BCUT2D eigenvalue weighted by Gasteiger charge is -2.13. The van der Waals surface area contributed by atoms with Gasteiger partial charge in [0.15, 0.2) is 0 Å². The fourth-order valence-electron chi connectivity index (χ4n) is 2.66. The smallest absolute Gasteiger partial charge is 0.0190 e. The quantitative estimate of drug-likeness (QED) is 0.622. The van der Waals surface area contributed by atoms with E-state index in [0.29, 0.717) is 6.54 Å². The molecule has 0 saturated heterocycles. The average Bonchev–Trinajstić information content (AvgIpc) is 2.40. The first-order chi connectivity index (χ1) is 8.33. The van der Waals surface area contributed by atoms with Gasteiger partial charge in [-0.2, -0.15) is 0 Å². The first-order valence-electron chi connectivity index (χ1n) is 5.92. The zero-order valence-electron chi connectivity index (χ0n) is 9.90. The highest BCUT2D eigenvalue weighted by molar-refractivity contribution is 6.05. The van der Waals surface area contributed by atoms with E-state index in [1.165, 1.54) is 32.7 Å². The second-order valence-electron chi connectivity index (χ2n) is 4.40. The third-order valence-electron chi connectivity index (χ3n) is 3.52. The van der Waals surface area contributed by atoms with Gasteiger partial charge in [0, 0.05) is 6.54 Å². The van der Waals surface area contributed by atoms with Gasteiger partial charge >= 0.3 is 0 Å². The molecular formula is C16H15N. The summed E-state index contributed by atoms with van der Waals surface area (Å²) in [6, 6.07) is 17.0. The monoisotopic (exact) mass is 221 g/mol. The van der Waals surface area contributed by atoms with Gasteiger partial charge in [-0.15, -0.1) is 0 Å². The molecule has 0 aliphatic rings. The minimum Gasteiger partial charge on any atom is -0.326 e. The van der Waals surface area contributed by atoms with Crippen molar-refractivity contribution in [1.29, 1.82) is 0 Å². The first kappa shape index (κ1) is 10.3. The van der Waals surface area contributed by atoms with Gasteiger partial charge in [-0.05, 0) is 39.6 Å². The van der Waals surface area contributed by atoms with Gasteiger partial charge in [0.1, 0.15) is 0 Å². The third-order valence-corrected chi connectivity index (χ3v) is 3.52. The Hall–Kier alpha value is -1.86. The normalized spacial score (nSPS) is 11.2. The molecule has 0 aromatic heterocycles. The Kier molecular flexibility index (Phi) is 2.34. The maximum Gasteiger partial charge on any atom is 0.0190 e. The van der Waals surface area contributed by atoms with Gasteiger partial charge in [-0.1, -0.05) is 48.5 Å². The van der Waals surface area contributed by atoms with Gasteiger partial charge in [-0.25, -0.2) is 0 Å². The van der Waals surface area contributed by atoms with Crippen LogP contribution in [0.15, 0.2) is 48.5 Å². The van der Waals surface area contributed by atoms with E-state index in [-0.39, 0.29) is 0 Å². The summed E-state index contributed by atoms with van der Waals surface area (Å²) >= 11 is 0. The van der Waals surface area contributed by atoms with Crippen LogP contribution in [-0.2, 0) is 6.54 Å². The van der Waals surface area contributed by atoms with Crippen LogP contribution in [0, 0.1) is 6.92 Å². The van der Waals surface area contributed by atoms with Crippen LogP contribution in [0.4, 0.5) is 0 Å². The topological polar surface area (TPSA) is 26.0 Å². The van der Waals surface area contributed by atoms with Gasteiger partial charge < -0.3 is 5.73 Å². The first-order valence-corrected chi connectivity index (χ1v) is 5.92. The van der Waals surface area contributed by atoms with E-state index in [2.05, 4.69) is 55.5 Å². The van der Waals surface area contributed by atoms with Crippen molar-refractivity contribution in [3.05, 3.63) is 59.7 Å². The molecule has 0 bridgehead atoms. The molecule has 0 unspecified atom stereocenters. The average molecular weight is 221 g/mol. The Labute approximate surface area is 101 Å². The van der Waals surface area contributed by atoms with Crippen LogP contribution in [0.5, 0.6) is 0 Å². The van der Waals surface area contributed by atoms with Crippen molar-refractivity contribution in [2.24, 2.45) is 5.73 Å². The number of nitrogens with two attached hydrogens (primary N) is 1. The van der Waals surface area contributed by atoms with E-state index in [0.717, 1.165) is 0 Å². The molecule has 17 heavy (non-hydrogen) atoms. The molecule has 0 aliphatic heterocycles. The summed E-state index contributed by atoms with van der Waals surface area (Å²) < 4.78 is 0. The minimum absolute atomic E-state index is 0.585. The molecule has 0 atom stereocenters. The number of hydrogen-bond acceptors (Lipinski definition) is 1. The molecule has 2 N–H and O–H groups in total. The Morgan fingerprint density at radius 3 is 1.59 bits per heavy atom. The Balaban J connectivity index is 2.63. The largest absolute Gasteiger partial charge is 0.326 e. The van der Waals surface area contributed by atoms with Crippen molar-refractivity contribution in [3.8, 4) is 0 Å². The summed E-state index contributed by atoms with van der Waals surface area (Å²) in [5.74, 6) is 0. The van der Waals surface area contributed by atoms with Gasteiger partial charge in [0.2, 0.25) is 0 Å². The molecule has 3 rings (SSSR count). The molecule has 1 heteroatoms. The van der Waals surface area contributed by atoms with Crippen molar-refractivity contribution in [3.63, 3.8) is 0 Å².